The van der Waals surface area contributed by atoms with Crippen molar-refractivity contribution in [3.05, 3.63) is 58.6 Å². The van der Waals surface area contributed by atoms with E-state index >= 15 is 0 Å². The van der Waals surface area contributed by atoms with E-state index in [2.05, 4.69) is 47.2 Å². The van der Waals surface area contributed by atoms with E-state index in [1.807, 2.05) is 36.4 Å². The van der Waals surface area contributed by atoms with Crippen molar-refractivity contribution < 1.29 is 4.74 Å². The maximum absolute atomic E-state index is 5.77. The first-order valence-electron chi connectivity index (χ1n) is 6.39. The minimum Gasteiger partial charge on any atom is -0.457 e. The summed E-state index contributed by atoms with van der Waals surface area (Å²) in [5.74, 6) is 1.70. The minimum atomic E-state index is 0.499. The van der Waals surface area contributed by atoms with Gasteiger partial charge in [-0.2, -0.15) is 0 Å². The second-order valence-corrected chi connectivity index (χ2v) is 5.65. The van der Waals surface area contributed by atoms with Crippen molar-refractivity contribution in [3.63, 3.8) is 0 Å². The van der Waals surface area contributed by atoms with Crippen LogP contribution in [0.2, 0.25) is 0 Å². The highest BCUT2D eigenvalue weighted by Crippen LogP contribution is 2.23. The summed E-state index contributed by atoms with van der Waals surface area (Å²) in [6.45, 7) is 5.17. The summed E-state index contributed by atoms with van der Waals surface area (Å²) in [6.07, 6.45) is 0. The van der Waals surface area contributed by atoms with Gasteiger partial charge in [0.2, 0.25) is 0 Å². The fraction of sp³-hybridized carbons (Fsp3) is 0.250. The number of rotatable bonds is 5. The number of ether oxygens (including phenoxy) is 1. The van der Waals surface area contributed by atoms with Crippen molar-refractivity contribution in [2.45, 2.75) is 26.4 Å². The topological polar surface area (TPSA) is 21.3 Å². The predicted octanol–water partition coefficient (Wildman–Crippen LogP) is 4.74. The van der Waals surface area contributed by atoms with Crippen LogP contribution in [-0.4, -0.2) is 6.04 Å². The number of hydrogen-bond donors (Lipinski definition) is 1. The third-order valence-corrected chi connectivity index (χ3v) is 3.22. The molecule has 2 rings (SSSR count). The van der Waals surface area contributed by atoms with E-state index in [4.69, 9.17) is 4.74 Å². The van der Waals surface area contributed by atoms with E-state index in [1.165, 1.54) is 5.56 Å². The van der Waals surface area contributed by atoms with Crippen LogP contribution in [0, 0.1) is 0 Å². The van der Waals surface area contributed by atoms with Gasteiger partial charge in [-0.15, -0.1) is 0 Å². The quantitative estimate of drug-likeness (QED) is 0.859. The highest BCUT2D eigenvalue weighted by Gasteiger charge is 1.99. The standard InChI is InChI=1S/C16H18BrNO/c1-12(2)18-11-13-3-7-15(8-4-13)19-16-9-5-14(17)6-10-16/h3-10,12,18H,11H2,1-2H3. The highest BCUT2D eigenvalue weighted by molar-refractivity contribution is 9.10. The predicted molar refractivity (Wildman–Crippen MR) is 82.6 cm³/mol. The van der Waals surface area contributed by atoms with Crippen molar-refractivity contribution in [2.24, 2.45) is 0 Å². The minimum absolute atomic E-state index is 0.499. The molecular formula is C16H18BrNO. The first-order valence-corrected chi connectivity index (χ1v) is 7.18. The van der Waals surface area contributed by atoms with Gasteiger partial charge in [0.15, 0.2) is 0 Å². The lowest BCUT2D eigenvalue weighted by atomic mass is 10.2. The third-order valence-electron chi connectivity index (χ3n) is 2.69. The van der Waals surface area contributed by atoms with Gasteiger partial charge in [-0.3, -0.25) is 0 Å². The molecule has 100 valence electrons. The van der Waals surface area contributed by atoms with Crippen LogP contribution in [-0.2, 0) is 6.54 Å². The fourth-order valence-electron chi connectivity index (χ4n) is 1.64. The molecule has 0 aliphatic rings. The maximum Gasteiger partial charge on any atom is 0.127 e. The summed E-state index contributed by atoms with van der Waals surface area (Å²) < 4.78 is 6.82. The molecule has 0 spiro atoms. The van der Waals surface area contributed by atoms with Crippen molar-refractivity contribution in [3.8, 4) is 11.5 Å². The molecular weight excluding hydrogens is 302 g/mol. The Kier molecular flexibility index (Phi) is 5.00. The molecule has 0 fully saturated rings. The molecule has 0 bridgehead atoms. The van der Waals surface area contributed by atoms with Crippen LogP contribution < -0.4 is 10.1 Å². The summed E-state index contributed by atoms with van der Waals surface area (Å²) in [4.78, 5) is 0. The third kappa shape index (κ3) is 4.69. The molecule has 2 aromatic rings. The Balaban J connectivity index is 1.96. The molecule has 0 heterocycles. The van der Waals surface area contributed by atoms with Crippen LogP contribution in [0.25, 0.3) is 0 Å². The molecule has 0 aromatic heterocycles. The Morgan fingerprint density at radius 1 is 0.947 bits per heavy atom. The number of hydrogen-bond acceptors (Lipinski definition) is 2. The average molecular weight is 320 g/mol. The molecule has 0 saturated heterocycles. The lowest BCUT2D eigenvalue weighted by Crippen LogP contribution is -2.21. The van der Waals surface area contributed by atoms with Gasteiger partial charge in [0.1, 0.15) is 11.5 Å². The van der Waals surface area contributed by atoms with E-state index in [-0.39, 0.29) is 0 Å². The number of nitrogens with one attached hydrogen (secondary N) is 1. The Hall–Kier alpha value is -1.32. The van der Waals surface area contributed by atoms with E-state index in [0.717, 1.165) is 22.5 Å². The average Bonchev–Trinajstić information content (AvgIpc) is 2.40. The Labute approximate surface area is 122 Å². The Morgan fingerprint density at radius 3 is 2.00 bits per heavy atom. The lowest BCUT2D eigenvalue weighted by Gasteiger charge is -2.09. The molecule has 2 aromatic carbocycles. The van der Waals surface area contributed by atoms with Gasteiger partial charge < -0.3 is 10.1 Å². The normalized spacial score (nSPS) is 10.7. The van der Waals surface area contributed by atoms with Gasteiger partial charge in [-0.25, -0.2) is 0 Å². The SMILES string of the molecule is CC(C)NCc1ccc(Oc2ccc(Br)cc2)cc1. The van der Waals surface area contributed by atoms with Gasteiger partial charge in [-0.1, -0.05) is 41.9 Å². The Morgan fingerprint density at radius 2 is 1.47 bits per heavy atom. The molecule has 0 atom stereocenters. The zero-order valence-corrected chi connectivity index (χ0v) is 12.8. The van der Waals surface area contributed by atoms with Gasteiger partial charge in [0.25, 0.3) is 0 Å². The summed E-state index contributed by atoms with van der Waals surface area (Å²) in [6, 6.07) is 16.5. The van der Waals surface area contributed by atoms with E-state index in [1.54, 1.807) is 0 Å². The van der Waals surface area contributed by atoms with Crippen molar-refractivity contribution in [1.29, 1.82) is 0 Å². The van der Waals surface area contributed by atoms with Gasteiger partial charge in [-0.05, 0) is 42.0 Å². The molecule has 0 aliphatic carbocycles. The molecule has 0 aliphatic heterocycles. The van der Waals surface area contributed by atoms with Crippen LogP contribution in [0.4, 0.5) is 0 Å². The maximum atomic E-state index is 5.77. The van der Waals surface area contributed by atoms with Gasteiger partial charge in [0, 0.05) is 17.1 Å². The molecule has 0 saturated carbocycles. The number of benzene rings is 2. The van der Waals surface area contributed by atoms with Crippen LogP contribution in [0.5, 0.6) is 11.5 Å². The lowest BCUT2D eigenvalue weighted by molar-refractivity contribution is 0.482. The van der Waals surface area contributed by atoms with Crippen LogP contribution in [0.15, 0.2) is 53.0 Å². The fourth-order valence-corrected chi connectivity index (χ4v) is 1.90. The second kappa shape index (κ2) is 6.73. The molecule has 3 heteroatoms. The van der Waals surface area contributed by atoms with Crippen molar-refractivity contribution >= 4 is 15.9 Å². The zero-order valence-electron chi connectivity index (χ0n) is 11.2. The zero-order chi connectivity index (χ0) is 13.7. The van der Waals surface area contributed by atoms with Crippen LogP contribution in [0.3, 0.4) is 0 Å². The molecule has 0 unspecified atom stereocenters. The van der Waals surface area contributed by atoms with Crippen LogP contribution >= 0.6 is 15.9 Å². The van der Waals surface area contributed by atoms with Crippen molar-refractivity contribution in [2.75, 3.05) is 0 Å². The smallest absolute Gasteiger partial charge is 0.127 e. The van der Waals surface area contributed by atoms with E-state index in [0.29, 0.717) is 6.04 Å². The van der Waals surface area contributed by atoms with E-state index < -0.39 is 0 Å². The Bertz CT molecular complexity index is 505. The second-order valence-electron chi connectivity index (χ2n) is 4.74. The summed E-state index contributed by atoms with van der Waals surface area (Å²) in [5, 5.41) is 3.39. The van der Waals surface area contributed by atoms with Crippen LogP contribution in [0.1, 0.15) is 19.4 Å². The number of halogens is 1. The monoisotopic (exact) mass is 319 g/mol. The first kappa shape index (κ1) is 14.1. The summed E-state index contributed by atoms with van der Waals surface area (Å²) in [5.41, 5.74) is 1.26. The summed E-state index contributed by atoms with van der Waals surface area (Å²) in [7, 11) is 0. The molecule has 1 N–H and O–H groups in total. The molecule has 0 amide bonds. The van der Waals surface area contributed by atoms with E-state index in [9.17, 15) is 0 Å². The van der Waals surface area contributed by atoms with Gasteiger partial charge in [0.05, 0.1) is 0 Å². The van der Waals surface area contributed by atoms with Crippen molar-refractivity contribution in [1.82, 2.24) is 5.32 Å². The molecule has 19 heavy (non-hydrogen) atoms. The highest BCUT2D eigenvalue weighted by atomic mass is 79.9. The largest absolute Gasteiger partial charge is 0.457 e. The first-order chi connectivity index (χ1) is 9.13. The molecule has 2 nitrogen and oxygen atoms in total. The molecule has 0 radical (unpaired) electrons. The van der Waals surface area contributed by atoms with Gasteiger partial charge >= 0.3 is 0 Å². The summed E-state index contributed by atoms with van der Waals surface area (Å²) >= 11 is 3.41.